The summed E-state index contributed by atoms with van der Waals surface area (Å²) in [6.45, 7) is 0.874. The fourth-order valence-electron chi connectivity index (χ4n) is 2.79. The number of aliphatic hydroxyl groups is 1. The van der Waals surface area contributed by atoms with Crippen molar-refractivity contribution >= 4 is 5.91 Å². The van der Waals surface area contributed by atoms with Gasteiger partial charge in [0.2, 0.25) is 5.91 Å². The fourth-order valence-corrected chi connectivity index (χ4v) is 2.79. The second-order valence-corrected chi connectivity index (χ2v) is 6.89. The Bertz CT molecular complexity index is 699. The number of carbonyl (C=O) groups is 1. The third-order valence-electron chi connectivity index (χ3n) is 4.28. The number of nitrogens with one attached hydrogen (secondary N) is 1. The number of benzene rings is 2. The summed E-state index contributed by atoms with van der Waals surface area (Å²) in [5.74, 6) is 0.734. The van der Waals surface area contributed by atoms with Gasteiger partial charge in [-0.1, -0.05) is 42.5 Å². The highest BCUT2D eigenvalue weighted by Crippen LogP contribution is 2.22. The van der Waals surface area contributed by atoms with Crippen molar-refractivity contribution in [1.29, 1.82) is 0 Å². The molecule has 0 spiro atoms. The third kappa shape index (κ3) is 5.86. The van der Waals surface area contributed by atoms with E-state index in [1.54, 1.807) is 0 Å². The average molecular weight is 354 g/mol. The molecular formula is C21H26N2O3. The number of nitrogens with zero attached hydrogens (tertiary/aromatic N) is 1. The molecule has 138 valence electrons. The van der Waals surface area contributed by atoms with Crippen LogP contribution in [0.5, 0.6) is 5.75 Å². The normalized spacial score (nSPS) is 14.9. The van der Waals surface area contributed by atoms with Gasteiger partial charge in [0.05, 0.1) is 6.54 Å². The molecule has 5 heteroatoms. The Morgan fingerprint density at radius 3 is 2.46 bits per heavy atom. The molecule has 0 bridgehead atoms. The Morgan fingerprint density at radius 1 is 1.15 bits per heavy atom. The number of hydrogen-bond acceptors (Lipinski definition) is 4. The number of rotatable bonds is 9. The molecule has 2 aromatic carbocycles. The zero-order chi connectivity index (χ0) is 18.4. The molecule has 1 aliphatic rings. The van der Waals surface area contributed by atoms with E-state index < -0.39 is 6.10 Å². The summed E-state index contributed by atoms with van der Waals surface area (Å²) in [6.07, 6.45) is 1.51. The van der Waals surface area contributed by atoms with Crippen LogP contribution in [0.4, 0.5) is 0 Å². The molecule has 1 fully saturated rings. The third-order valence-corrected chi connectivity index (χ3v) is 4.28. The Morgan fingerprint density at radius 2 is 1.81 bits per heavy atom. The number of aliphatic hydroxyl groups excluding tert-OH is 1. The molecule has 0 heterocycles. The molecule has 0 aliphatic heterocycles. The highest BCUT2D eigenvalue weighted by Gasteiger charge is 2.23. The van der Waals surface area contributed by atoms with E-state index in [9.17, 15) is 9.90 Å². The smallest absolute Gasteiger partial charge is 0.234 e. The molecule has 0 saturated heterocycles. The van der Waals surface area contributed by atoms with Crippen LogP contribution in [-0.2, 0) is 4.79 Å². The molecule has 2 aromatic rings. The van der Waals surface area contributed by atoms with Crippen molar-refractivity contribution in [1.82, 2.24) is 10.2 Å². The van der Waals surface area contributed by atoms with Gasteiger partial charge in [-0.25, -0.2) is 0 Å². The molecular weight excluding hydrogens is 328 g/mol. The summed E-state index contributed by atoms with van der Waals surface area (Å²) in [6, 6.07) is 18.3. The summed E-state index contributed by atoms with van der Waals surface area (Å²) in [5.41, 5.74) is 2.28. The molecule has 3 rings (SSSR count). The minimum Gasteiger partial charge on any atom is -0.491 e. The Hall–Kier alpha value is -2.37. The maximum Gasteiger partial charge on any atom is 0.234 e. The standard InChI is InChI=1S/C21H26N2O3/c1-23(14-21(25)22-18-9-10-18)13-19(24)15-26-20-11-7-17(8-12-20)16-5-3-2-4-6-16/h2-8,11-12,18-19,24H,9-10,13-15H2,1H3,(H,22,25). The van der Waals surface area contributed by atoms with E-state index in [4.69, 9.17) is 4.74 Å². The first-order valence-electron chi connectivity index (χ1n) is 9.04. The molecule has 26 heavy (non-hydrogen) atoms. The lowest BCUT2D eigenvalue weighted by atomic mass is 10.1. The predicted molar refractivity (Wildman–Crippen MR) is 102 cm³/mol. The molecule has 0 radical (unpaired) electrons. The van der Waals surface area contributed by atoms with Crippen LogP contribution < -0.4 is 10.1 Å². The van der Waals surface area contributed by atoms with Gasteiger partial charge in [0.25, 0.3) is 0 Å². The molecule has 1 atom stereocenters. The zero-order valence-electron chi connectivity index (χ0n) is 15.1. The lowest BCUT2D eigenvalue weighted by molar-refractivity contribution is -0.122. The van der Waals surface area contributed by atoms with Crippen LogP contribution in [0.15, 0.2) is 54.6 Å². The number of amides is 1. The van der Waals surface area contributed by atoms with Crippen molar-refractivity contribution in [2.24, 2.45) is 0 Å². The van der Waals surface area contributed by atoms with E-state index in [2.05, 4.69) is 17.4 Å². The first-order chi connectivity index (χ1) is 12.6. The van der Waals surface area contributed by atoms with Crippen LogP contribution in [0.1, 0.15) is 12.8 Å². The number of ether oxygens (including phenoxy) is 1. The second kappa shape index (κ2) is 8.83. The van der Waals surface area contributed by atoms with E-state index in [1.165, 1.54) is 0 Å². The topological polar surface area (TPSA) is 61.8 Å². The Kier molecular flexibility index (Phi) is 6.26. The molecule has 0 aromatic heterocycles. The molecule has 5 nitrogen and oxygen atoms in total. The van der Waals surface area contributed by atoms with Crippen molar-refractivity contribution in [2.75, 3.05) is 26.7 Å². The van der Waals surface area contributed by atoms with Crippen LogP contribution in [-0.4, -0.2) is 54.8 Å². The largest absolute Gasteiger partial charge is 0.491 e. The highest BCUT2D eigenvalue weighted by atomic mass is 16.5. The van der Waals surface area contributed by atoms with Crippen LogP contribution in [0.2, 0.25) is 0 Å². The summed E-state index contributed by atoms with van der Waals surface area (Å²) in [5, 5.41) is 13.1. The van der Waals surface area contributed by atoms with Crippen LogP contribution >= 0.6 is 0 Å². The van der Waals surface area contributed by atoms with E-state index >= 15 is 0 Å². The van der Waals surface area contributed by atoms with Gasteiger partial charge in [-0.15, -0.1) is 0 Å². The maximum absolute atomic E-state index is 11.7. The Labute approximate surface area is 154 Å². The lowest BCUT2D eigenvalue weighted by Gasteiger charge is -2.20. The minimum absolute atomic E-state index is 0.0135. The molecule has 1 amide bonds. The van der Waals surface area contributed by atoms with Gasteiger partial charge in [0.1, 0.15) is 18.5 Å². The average Bonchev–Trinajstić information content (AvgIpc) is 3.45. The van der Waals surface area contributed by atoms with Crippen molar-refractivity contribution in [2.45, 2.75) is 25.0 Å². The molecule has 1 unspecified atom stereocenters. The van der Waals surface area contributed by atoms with E-state index in [0.717, 1.165) is 29.7 Å². The van der Waals surface area contributed by atoms with Crippen molar-refractivity contribution in [3.8, 4) is 16.9 Å². The molecule has 1 saturated carbocycles. The summed E-state index contributed by atoms with van der Waals surface area (Å²) >= 11 is 0. The number of carbonyl (C=O) groups excluding carboxylic acids is 1. The molecule has 2 N–H and O–H groups in total. The fraction of sp³-hybridized carbons (Fsp3) is 0.381. The SMILES string of the molecule is CN(CC(=O)NC1CC1)CC(O)COc1ccc(-c2ccccc2)cc1. The number of hydrogen-bond donors (Lipinski definition) is 2. The highest BCUT2D eigenvalue weighted by molar-refractivity contribution is 5.78. The lowest BCUT2D eigenvalue weighted by Crippen LogP contribution is -2.40. The van der Waals surface area contributed by atoms with Gasteiger partial charge in [-0.3, -0.25) is 9.69 Å². The summed E-state index contributed by atoms with van der Waals surface area (Å²) in [4.78, 5) is 13.6. The van der Waals surface area contributed by atoms with Gasteiger partial charge in [-0.05, 0) is 43.1 Å². The van der Waals surface area contributed by atoms with Crippen molar-refractivity contribution in [3.05, 3.63) is 54.6 Å². The van der Waals surface area contributed by atoms with Crippen LogP contribution in [0.3, 0.4) is 0 Å². The van der Waals surface area contributed by atoms with E-state index in [0.29, 0.717) is 19.1 Å². The van der Waals surface area contributed by atoms with Crippen LogP contribution in [0.25, 0.3) is 11.1 Å². The van der Waals surface area contributed by atoms with Crippen LogP contribution in [0, 0.1) is 0 Å². The zero-order valence-corrected chi connectivity index (χ0v) is 15.1. The summed E-state index contributed by atoms with van der Waals surface area (Å²) < 4.78 is 5.66. The van der Waals surface area contributed by atoms with Crippen molar-refractivity contribution in [3.63, 3.8) is 0 Å². The van der Waals surface area contributed by atoms with E-state index in [-0.39, 0.29) is 12.5 Å². The van der Waals surface area contributed by atoms with Gasteiger partial charge >= 0.3 is 0 Å². The maximum atomic E-state index is 11.7. The second-order valence-electron chi connectivity index (χ2n) is 6.89. The minimum atomic E-state index is -0.650. The Balaban J connectivity index is 1.40. The van der Waals surface area contributed by atoms with E-state index in [1.807, 2.05) is 54.4 Å². The first-order valence-corrected chi connectivity index (χ1v) is 9.04. The first kappa shape index (κ1) is 18.4. The quantitative estimate of drug-likeness (QED) is 0.725. The molecule has 1 aliphatic carbocycles. The summed E-state index contributed by atoms with van der Waals surface area (Å²) in [7, 11) is 1.82. The van der Waals surface area contributed by atoms with Gasteiger partial charge in [0, 0.05) is 12.6 Å². The van der Waals surface area contributed by atoms with Crippen molar-refractivity contribution < 1.29 is 14.6 Å². The predicted octanol–water partition coefficient (Wildman–Crippen LogP) is 2.30. The number of likely N-dealkylation sites (N-methyl/N-ethyl adjacent to an activating group) is 1. The van der Waals surface area contributed by atoms with Gasteiger partial charge in [0.15, 0.2) is 0 Å². The van der Waals surface area contributed by atoms with Gasteiger partial charge in [-0.2, -0.15) is 0 Å². The monoisotopic (exact) mass is 354 g/mol. The van der Waals surface area contributed by atoms with Gasteiger partial charge < -0.3 is 15.2 Å².